The Morgan fingerprint density at radius 2 is 2.00 bits per heavy atom. The summed E-state index contributed by atoms with van der Waals surface area (Å²) in [5.41, 5.74) is 0. The molecule has 0 saturated carbocycles. The summed E-state index contributed by atoms with van der Waals surface area (Å²) < 4.78 is 32.9. The number of esters is 1. The maximum atomic E-state index is 11.7. The number of unbranched alkanes of at least 4 members (excludes halogenated alkanes) is 2. The first-order chi connectivity index (χ1) is 8.66. The van der Waals surface area contributed by atoms with Crippen LogP contribution in [0.2, 0.25) is 0 Å². The molecule has 0 aliphatic carbocycles. The minimum atomic E-state index is -2.40. The zero-order valence-electron chi connectivity index (χ0n) is 10.9. The second-order valence-electron chi connectivity index (χ2n) is 3.83. The third-order valence-electron chi connectivity index (χ3n) is 2.21. The summed E-state index contributed by atoms with van der Waals surface area (Å²) in [5, 5.41) is 3.09. The Bertz CT molecular complexity index is 204. The van der Waals surface area contributed by atoms with Gasteiger partial charge in [0, 0.05) is 13.0 Å². The number of hydrogen-bond donors (Lipinski definition) is 1. The number of hydrogen-bond acceptors (Lipinski definition) is 4. The van der Waals surface area contributed by atoms with E-state index in [-0.39, 0.29) is 5.97 Å². The van der Waals surface area contributed by atoms with Crippen molar-refractivity contribution in [2.24, 2.45) is 0 Å². The number of carbonyl (C=O) groups excluding carboxylic acids is 1. The van der Waals surface area contributed by atoms with Crippen molar-refractivity contribution in [3.05, 3.63) is 0 Å². The van der Waals surface area contributed by atoms with Crippen molar-refractivity contribution >= 4 is 5.97 Å². The maximum absolute atomic E-state index is 11.7. The first kappa shape index (κ1) is 17.2. The zero-order chi connectivity index (χ0) is 13.6. The number of nitrogens with one attached hydrogen (secondary N) is 1. The standard InChI is InChI=1S/C12H23F2NO3/c1-2-18-12(16)6-4-3-5-7-15-8-9-17-10-11(13)14/h11,15H,2-10H2,1H3. The van der Waals surface area contributed by atoms with Gasteiger partial charge in [0.2, 0.25) is 0 Å². The van der Waals surface area contributed by atoms with Crippen LogP contribution < -0.4 is 5.32 Å². The molecule has 0 bridgehead atoms. The summed E-state index contributed by atoms with van der Waals surface area (Å²) in [6.45, 7) is 3.40. The van der Waals surface area contributed by atoms with Gasteiger partial charge in [-0.3, -0.25) is 4.79 Å². The third kappa shape index (κ3) is 13.3. The van der Waals surface area contributed by atoms with Gasteiger partial charge in [0.1, 0.15) is 6.61 Å². The number of rotatable bonds is 12. The van der Waals surface area contributed by atoms with Crippen molar-refractivity contribution in [1.82, 2.24) is 5.32 Å². The highest BCUT2D eigenvalue weighted by atomic mass is 19.3. The van der Waals surface area contributed by atoms with Crippen LogP contribution in [0, 0.1) is 0 Å². The Hall–Kier alpha value is -0.750. The molecule has 0 aliphatic rings. The molecule has 0 heterocycles. The summed E-state index contributed by atoms with van der Waals surface area (Å²) in [5.74, 6) is -0.147. The van der Waals surface area contributed by atoms with Crippen LogP contribution in [0.5, 0.6) is 0 Å². The van der Waals surface area contributed by atoms with E-state index >= 15 is 0 Å². The normalized spacial score (nSPS) is 10.9. The molecule has 4 nitrogen and oxygen atoms in total. The van der Waals surface area contributed by atoms with E-state index in [2.05, 4.69) is 5.32 Å². The van der Waals surface area contributed by atoms with Crippen molar-refractivity contribution in [3.8, 4) is 0 Å². The molecule has 0 amide bonds. The fourth-order valence-corrected chi connectivity index (χ4v) is 1.37. The van der Waals surface area contributed by atoms with E-state index in [4.69, 9.17) is 9.47 Å². The number of alkyl halides is 2. The lowest BCUT2D eigenvalue weighted by Crippen LogP contribution is -2.22. The van der Waals surface area contributed by atoms with E-state index in [0.717, 1.165) is 25.8 Å². The van der Waals surface area contributed by atoms with Gasteiger partial charge >= 0.3 is 5.97 Å². The predicted octanol–water partition coefficient (Wildman–Crippen LogP) is 1.98. The molecule has 0 aromatic heterocycles. The molecule has 18 heavy (non-hydrogen) atoms. The molecule has 0 atom stereocenters. The molecule has 0 unspecified atom stereocenters. The Morgan fingerprint density at radius 3 is 2.67 bits per heavy atom. The zero-order valence-corrected chi connectivity index (χ0v) is 10.9. The summed E-state index contributed by atoms with van der Waals surface area (Å²) in [6, 6.07) is 0. The summed E-state index contributed by atoms with van der Waals surface area (Å²) in [6.07, 6.45) is 0.791. The van der Waals surface area contributed by atoms with Gasteiger partial charge in [-0.25, -0.2) is 8.78 Å². The minimum absolute atomic E-state index is 0.147. The van der Waals surface area contributed by atoms with Crippen molar-refractivity contribution in [2.45, 2.75) is 39.0 Å². The molecule has 0 fully saturated rings. The number of carbonyl (C=O) groups is 1. The Kier molecular flexibility index (Phi) is 12.2. The van der Waals surface area contributed by atoms with Gasteiger partial charge in [-0.15, -0.1) is 0 Å². The highest BCUT2D eigenvalue weighted by Gasteiger charge is 2.01. The average Bonchev–Trinajstić information content (AvgIpc) is 2.31. The van der Waals surface area contributed by atoms with Crippen LogP contribution in [0.25, 0.3) is 0 Å². The van der Waals surface area contributed by atoms with E-state index in [1.165, 1.54) is 0 Å². The second kappa shape index (κ2) is 12.7. The first-order valence-corrected chi connectivity index (χ1v) is 6.39. The molecule has 0 aliphatic heterocycles. The SMILES string of the molecule is CCOC(=O)CCCCCNCCOCC(F)F. The monoisotopic (exact) mass is 267 g/mol. The van der Waals surface area contributed by atoms with Crippen molar-refractivity contribution in [2.75, 3.05) is 32.9 Å². The fourth-order valence-electron chi connectivity index (χ4n) is 1.37. The van der Waals surface area contributed by atoms with Crippen LogP contribution in [0.3, 0.4) is 0 Å². The van der Waals surface area contributed by atoms with Gasteiger partial charge in [0.25, 0.3) is 6.43 Å². The van der Waals surface area contributed by atoms with E-state index < -0.39 is 13.0 Å². The maximum Gasteiger partial charge on any atom is 0.305 e. The molecule has 0 aromatic carbocycles. The van der Waals surface area contributed by atoms with Crippen LogP contribution in [-0.2, 0) is 14.3 Å². The largest absolute Gasteiger partial charge is 0.466 e. The summed E-state index contributed by atoms with van der Waals surface area (Å²) >= 11 is 0. The molecule has 0 aromatic rings. The third-order valence-corrected chi connectivity index (χ3v) is 2.21. The van der Waals surface area contributed by atoms with E-state index in [0.29, 0.717) is 26.2 Å². The fraction of sp³-hybridized carbons (Fsp3) is 0.917. The van der Waals surface area contributed by atoms with Crippen molar-refractivity contribution in [1.29, 1.82) is 0 Å². The number of halogens is 2. The Balaban J connectivity index is 3.05. The molecule has 1 N–H and O–H groups in total. The first-order valence-electron chi connectivity index (χ1n) is 6.39. The smallest absolute Gasteiger partial charge is 0.305 e. The Morgan fingerprint density at radius 1 is 1.22 bits per heavy atom. The molecular formula is C12H23F2NO3. The van der Waals surface area contributed by atoms with Gasteiger partial charge in [0.05, 0.1) is 13.2 Å². The van der Waals surface area contributed by atoms with Crippen LogP contribution in [-0.4, -0.2) is 45.3 Å². The highest BCUT2D eigenvalue weighted by Crippen LogP contribution is 2.00. The molecule has 0 spiro atoms. The van der Waals surface area contributed by atoms with E-state index in [9.17, 15) is 13.6 Å². The van der Waals surface area contributed by atoms with Gasteiger partial charge in [0.15, 0.2) is 0 Å². The predicted molar refractivity (Wildman–Crippen MR) is 64.8 cm³/mol. The molecule has 6 heteroatoms. The lowest BCUT2D eigenvalue weighted by molar-refractivity contribution is -0.143. The number of ether oxygens (including phenoxy) is 2. The Labute approximate surface area is 107 Å². The second-order valence-corrected chi connectivity index (χ2v) is 3.83. The minimum Gasteiger partial charge on any atom is -0.466 e. The van der Waals surface area contributed by atoms with Crippen LogP contribution >= 0.6 is 0 Å². The van der Waals surface area contributed by atoms with E-state index in [1.807, 2.05) is 0 Å². The molecule has 0 saturated heterocycles. The molecule has 0 rings (SSSR count). The molecular weight excluding hydrogens is 244 g/mol. The average molecular weight is 267 g/mol. The lowest BCUT2D eigenvalue weighted by atomic mass is 10.2. The quantitative estimate of drug-likeness (QED) is 0.434. The van der Waals surface area contributed by atoms with Crippen LogP contribution in [0.1, 0.15) is 32.6 Å². The molecule has 108 valence electrons. The summed E-state index contributed by atoms with van der Waals surface area (Å²) in [4.78, 5) is 11.0. The van der Waals surface area contributed by atoms with Crippen molar-refractivity contribution in [3.63, 3.8) is 0 Å². The summed E-state index contributed by atoms with van der Waals surface area (Å²) in [7, 11) is 0. The lowest BCUT2D eigenvalue weighted by Gasteiger charge is -2.05. The van der Waals surface area contributed by atoms with Gasteiger partial charge in [-0.1, -0.05) is 6.42 Å². The van der Waals surface area contributed by atoms with Gasteiger partial charge in [-0.05, 0) is 26.3 Å². The van der Waals surface area contributed by atoms with Crippen LogP contribution in [0.15, 0.2) is 0 Å². The highest BCUT2D eigenvalue weighted by molar-refractivity contribution is 5.69. The van der Waals surface area contributed by atoms with E-state index in [1.54, 1.807) is 6.92 Å². The van der Waals surface area contributed by atoms with Gasteiger partial charge in [-0.2, -0.15) is 0 Å². The van der Waals surface area contributed by atoms with Crippen molar-refractivity contribution < 1.29 is 23.0 Å². The van der Waals surface area contributed by atoms with Gasteiger partial charge < -0.3 is 14.8 Å². The van der Waals surface area contributed by atoms with Crippen LogP contribution in [0.4, 0.5) is 8.78 Å². The topological polar surface area (TPSA) is 47.6 Å². The molecule has 0 radical (unpaired) electrons.